The summed E-state index contributed by atoms with van der Waals surface area (Å²) >= 11 is 0. The molecule has 0 heterocycles. The summed E-state index contributed by atoms with van der Waals surface area (Å²) in [7, 11) is 2.83. The lowest BCUT2D eigenvalue weighted by Gasteiger charge is -2.19. The number of carboxylic acids is 1. The highest BCUT2D eigenvalue weighted by Crippen LogP contribution is 2.50. The first-order chi connectivity index (χ1) is 17.3. The van der Waals surface area contributed by atoms with Crippen molar-refractivity contribution in [3.63, 3.8) is 0 Å². The summed E-state index contributed by atoms with van der Waals surface area (Å²) in [4.78, 5) is 11.8. The van der Waals surface area contributed by atoms with Gasteiger partial charge in [-0.15, -0.1) is 0 Å². The predicted octanol–water partition coefficient (Wildman–Crippen LogP) is 6.03. The van der Waals surface area contributed by atoms with Gasteiger partial charge in [-0.2, -0.15) is 0 Å². The molecule has 0 fully saturated rings. The van der Waals surface area contributed by atoms with E-state index in [0.29, 0.717) is 16.7 Å². The van der Waals surface area contributed by atoms with Gasteiger partial charge in [0.15, 0.2) is 23.0 Å². The third-order valence-corrected chi connectivity index (χ3v) is 5.85. The monoisotopic (exact) mass is 486 g/mol. The number of carboxylic acid groups (broad SMARTS) is 1. The van der Waals surface area contributed by atoms with Crippen molar-refractivity contribution in [3.8, 4) is 51.0 Å². The van der Waals surface area contributed by atoms with Crippen LogP contribution in [0.25, 0.3) is 22.3 Å². The Morgan fingerprint density at radius 3 is 2.19 bits per heavy atom. The SMILES string of the molecule is COc1cc(-c2ccccc2C(=O)O)c(OC)c(O)c1-c1ccc(OCc2ccc(C)cc2)c(O)c1. The molecule has 7 nitrogen and oxygen atoms in total. The minimum atomic E-state index is -1.11. The topological polar surface area (TPSA) is 105 Å². The Bertz CT molecular complexity index is 1410. The van der Waals surface area contributed by atoms with E-state index in [2.05, 4.69) is 0 Å². The van der Waals surface area contributed by atoms with Crippen molar-refractivity contribution in [2.75, 3.05) is 14.2 Å². The molecule has 0 aliphatic heterocycles. The van der Waals surface area contributed by atoms with Crippen LogP contribution in [-0.2, 0) is 6.61 Å². The number of hydrogen-bond acceptors (Lipinski definition) is 6. The summed E-state index contributed by atoms with van der Waals surface area (Å²) in [5.74, 6) is -0.826. The molecule has 0 bridgehead atoms. The number of hydrogen-bond donors (Lipinski definition) is 3. The molecule has 0 spiro atoms. The van der Waals surface area contributed by atoms with Crippen LogP contribution >= 0.6 is 0 Å². The molecule has 0 radical (unpaired) electrons. The van der Waals surface area contributed by atoms with E-state index < -0.39 is 5.97 Å². The Hall–Kier alpha value is -4.65. The number of benzene rings is 4. The standard InChI is InChI=1S/C29H26O7/c1-17-8-10-18(11-9-17)16-36-24-13-12-19(14-23(24)30)26-25(34-2)15-22(28(35-3)27(26)31)20-6-4-5-7-21(20)29(32)33/h4-15,30-31H,16H2,1-3H3,(H,32,33). The number of phenolic OH excluding ortho intramolecular Hbond substituents is 2. The molecule has 0 aromatic heterocycles. The molecule has 4 aromatic carbocycles. The minimum Gasteiger partial charge on any atom is -0.504 e. The molecule has 0 atom stereocenters. The second-order valence-electron chi connectivity index (χ2n) is 8.19. The number of phenols is 2. The number of aromatic carboxylic acids is 1. The highest BCUT2D eigenvalue weighted by Gasteiger charge is 2.24. The van der Waals surface area contributed by atoms with Crippen LogP contribution in [0.15, 0.2) is 72.8 Å². The first-order valence-corrected chi connectivity index (χ1v) is 11.2. The smallest absolute Gasteiger partial charge is 0.336 e. The molecule has 36 heavy (non-hydrogen) atoms. The third kappa shape index (κ3) is 4.77. The Labute approximate surface area is 208 Å². The molecule has 0 saturated carbocycles. The summed E-state index contributed by atoms with van der Waals surface area (Å²) in [5, 5.41) is 31.5. The van der Waals surface area contributed by atoms with Gasteiger partial charge in [0, 0.05) is 11.1 Å². The first-order valence-electron chi connectivity index (χ1n) is 11.2. The maximum Gasteiger partial charge on any atom is 0.336 e. The molecule has 0 aliphatic carbocycles. The van der Waals surface area contributed by atoms with Crippen molar-refractivity contribution >= 4 is 5.97 Å². The lowest BCUT2D eigenvalue weighted by atomic mass is 9.94. The van der Waals surface area contributed by atoms with Crippen LogP contribution < -0.4 is 14.2 Å². The van der Waals surface area contributed by atoms with E-state index in [9.17, 15) is 20.1 Å². The molecule has 4 rings (SSSR count). The fourth-order valence-electron chi connectivity index (χ4n) is 4.02. The van der Waals surface area contributed by atoms with Crippen LogP contribution in [0.5, 0.6) is 28.7 Å². The van der Waals surface area contributed by atoms with Crippen LogP contribution in [0.2, 0.25) is 0 Å². The van der Waals surface area contributed by atoms with Gasteiger partial charge in [-0.3, -0.25) is 0 Å². The van der Waals surface area contributed by atoms with E-state index in [1.54, 1.807) is 36.4 Å². The summed E-state index contributed by atoms with van der Waals surface area (Å²) in [6.45, 7) is 2.29. The molecule has 184 valence electrons. The maximum atomic E-state index is 11.8. The predicted molar refractivity (Wildman–Crippen MR) is 136 cm³/mol. The Kier molecular flexibility index (Phi) is 7.01. The van der Waals surface area contributed by atoms with Crippen LogP contribution in [0.4, 0.5) is 0 Å². The molecular formula is C29H26O7. The van der Waals surface area contributed by atoms with Crippen molar-refractivity contribution < 1.29 is 34.3 Å². The van der Waals surface area contributed by atoms with Gasteiger partial charge in [0.05, 0.1) is 25.3 Å². The molecule has 3 N–H and O–H groups in total. The zero-order valence-corrected chi connectivity index (χ0v) is 20.1. The van der Waals surface area contributed by atoms with Gasteiger partial charge in [0.2, 0.25) is 0 Å². The summed E-state index contributed by atoms with van der Waals surface area (Å²) in [6.07, 6.45) is 0. The fraction of sp³-hybridized carbons (Fsp3) is 0.138. The van der Waals surface area contributed by atoms with Gasteiger partial charge >= 0.3 is 5.97 Å². The zero-order valence-electron chi connectivity index (χ0n) is 20.1. The lowest BCUT2D eigenvalue weighted by molar-refractivity contribution is 0.0697. The first kappa shape index (κ1) is 24.5. The van der Waals surface area contributed by atoms with Crippen LogP contribution in [0.1, 0.15) is 21.5 Å². The van der Waals surface area contributed by atoms with Crippen molar-refractivity contribution in [1.29, 1.82) is 0 Å². The molecule has 4 aromatic rings. The largest absolute Gasteiger partial charge is 0.504 e. The van der Waals surface area contributed by atoms with Crippen LogP contribution in [0.3, 0.4) is 0 Å². The Morgan fingerprint density at radius 2 is 1.56 bits per heavy atom. The van der Waals surface area contributed by atoms with E-state index in [1.807, 2.05) is 31.2 Å². The number of carbonyl (C=O) groups is 1. The average molecular weight is 487 g/mol. The number of methoxy groups -OCH3 is 2. The highest BCUT2D eigenvalue weighted by atomic mass is 16.5. The van der Waals surface area contributed by atoms with E-state index in [1.165, 1.54) is 26.4 Å². The van der Waals surface area contributed by atoms with Crippen LogP contribution in [0, 0.1) is 6.92 Å². The highest BCUT2D eigenvalue weighted by molar-refractivity contribution is 5.99. The van der Waals surface area contributed by atoms with Gasteiger partial charge in [-0.05, 0) is 42.3 Å². The van der Waals surface area contributed by atoms with Crippen molar-refractivity contribution in [2.45, 2.75) is 13.5 Å². The summed E-state index contributed by atoms with van der Waals surface area (Å²) in [5.41, 5.74) is 3.63. The second-order valence-corrected chi connectivity index (χ2v) is 8.19. The van der Waals surface area contributed by atoms with Gasteiger partial charge in [0.1, 0.15) is 12.4 Å². The Balaban J connectivity index is 1.74. The zero-order chi connectivity index (χ0) is 25.8. The quantitative estimate of drug-likeness (QED) is 0.279. The molecule has 0 aliphatic rings. The molecule has 0 saturated heterocycles. The average Bonchev–Trinajstić information content (AvgIpc) is 2.88. The Morgan fingerprint density at radius 1 is 0.833 bits per heavy atom. The molecular weight excluding hydrogens is 460 g/mol. The van der Waals surface area contributed by atoms with Gasteiger partial charge in [-0.1, -0.05) is 54.1 Å². The lowest BCUT2D eigenvalue weighted by Crippen LogP contribution is -2.01. The third-order valence-electron chi connectivity index (χ3n) is 5.85. The fourth-order valence-corrected chi connectivity index (χ4v) is 4.02. The number of aryl methyl sites for hydroxylation is 1. The van der Waals surface area contributed by atoms with Crippen LogP contribution in [-0.4, -0.2) is 35.5 Å². The second kappa shape index (κ2) is 10.3. The number of aromatic hydroxyl groups is 2. The number of rotatable bonds is 8. The van der Waals surface area contributed by atoms with E-state index in [4.69, 9.17) is 14.2 Å². The summed E-state index contributed by atoms with van der Waals surface area (Å²) in [6, 6.07) is 20.7. The molecule has 0 amide bonds. The number of ether oxygens (including phenoxy) is 3. The summed E-state index contributed by atoms with van der Waals surface area (Å²) < 4.78 is 16.8. The normalized spacial score (nSPS) is 10.6. The van der Waals surface area contributed by atoms with Crippen molar-refractivity contribution in [1.82, 2.24) is 0 Å². The maximum absolute atomic E-state index is 11.8. The molecule has 0 unspecified atom stereocenters. The van der Waals surface area contributed by atoms with Gasteiger partial charge < -0.3 is 29.5 Å². The van der Waals surface area contributed by atoms with Gasteiger partial charge in [0.25, 0.3) is 0 Å². The van der Waals surface area contributed by atoms with E-state index in [0.717, 1.165) is 11.1 Å². The van der Waals surface area contributed by atoms with Crippen molar-refractivity contribution in [2.24, 2.45) is 0 Å². The minimum absolute atomic E-state index is 0.0534. The molecule has 7 heteroatoms. The van der Waals surface area contributed by atoms with Crippen molar-refractivity contribution in [3.05, 3.63) is 89.5 Å². The van der Waals surface area contributed by atoms with E-state index in [-0.39, 0.29) is 46.5 Å². The van der Waals surface area contributed by atoms with Gasteiger partial charge in [-0.25, -0.2) is 4.79 Å². The van der Waals surface area contributed by atoms with E-state index >= 15 is 0 Å².